The van der Waals surface area contributed by atoms with Crippen molar-refractivity contribution >= 4 is 0 Å². The van der Waals surface area contributed by atoms with Crippen molar-refractivity contribution in [3.05, 3.63) is 0 Å². The Hall–Kier alpha value is -0.0800. The fourth-order valence-corrected chi connectivity index (χ4v) is 2.61. The smallest absolute Gasteiger partial charge is 0.0434 e. The second-order valence-electron chi connectivity index (χ2n) is 5.77. The average molecular weight is 227 g/mol. The van der Waals surface area contributed by atoms with E-state index in [1.807, 2.05) is 0 Å². The predicted molar refractivity (Wildman–Crippen MR) is 69.5 cm³/mol. The van der Waals surface area contributed by atoms with Gasteiger partial charge in [-0.05, 0) is 56.4 Å². The maximum atomic E-state index is 9.07. The van der Waals surface area contributed by atoms with Gasteiger partial charge in [0.25, 0.3) is 0 Å². The number of nitrogens with one attached hydrogen (secondary N) is 1. The Balaban J connectivity index is 2.23. The van der Waals surface area contributed by atoms with Crippen molar-refractivity contribution in [3.8, 4) is 0 Å². The van der Waals surface area contributed by atoms with Crippen LogP contribution >= 0.6 is 0 Å². The lowest BCUT2D eigenvalue weighted by Crippen LogP contribution is -2.35. The van der Waals surface area contributed by atoms with Gasteiger partial charge < -0.3 is 10.4 Å². The van der Waals surface area contributed by atoms with E-state index in [9.17, 15) is 0 Å². The SMILES string of the molecule is CCC(NCC(CCO)CC(C)C)C1CC1. The van der Waals surface area contributed by atoms with Gasteiger partial charge in [-0.3, -0.25) is 0 Å². The van der Waals surface area contributed by atoms with E-state index in [2.05, 4.69) is 26.1 Å². The van der Waals surface area contributed by atoms with Crippen LogP contribution in [-0.2, 0) is 0 Å². The number of rotatable bonds is 9. The Morgan fingerprint density at radius 1 is 1.31 bits per heavy atom. The summed E-state index contributed by atoms with van der Waals surface area (Å²) in [5.41, 5.74) is 0. The summed E-state index contributed by atoms with van der Waals surface area (Å²) in [6.45, 7) is 8.23. The van der Waals surface area contributed by atoms with E-state index >= 15 is 0 Å². The lowest BCUT2D eigenvalue weighted by atomic mass is 9.94. The molecule has 0 radical (unpaired) electrons. The highest BCUT2D eigenvalue weighted by atomic mass is 16.3. The highest BCUT2D eigenvalue weighted by molar-refractivity contribution is 4.86. The first-order chi connectivity index (χ1) is 7.67. The van der Waals surface area contributed by atoms with Gasteiger partial charge in [-0.2, -0.15) is 0 Å². The lowest BCUT2D eigenvalue weighted by molar-refractivity contribution is 0.234. The highest BCUT2D eigenvalue weighted by Crippen LogP contribution is 2.34. The number of aliphatic hydroxyl groups is 1. The molecule has 2 heteroatoms. The molecule has 1 rings (SSSR count). The Labute approximate surface area is 101 Å². The van der Waals surface area contributed by atoms with Gasteiger partial charge in [0.2, 0.25) is 0 Å². The Kier molecular flexibility index (Phi) is 6.37. The normalized spacial score (nSPS) is 20.1. The highest BCUT2D eigenvalue weighted by Gasteiger charge is 2.29. The first-order valence-electron chi connectivity index (χ1n) is 7.01. The van der Waals surface area contributed by atoms with Crippen LogP contribution in [0.4, 0.5) is 0 Å². The minimum atomic E-state index is 0.333. The van der Waals surface area contributed by atoms with E-state index in [0.717, 1.165) is 30.8 Å². The van der Waals surface area contributed by atoms with Gasteiger partial charge >= 0.3 is 0 Å². The molecule has 0 spiro atoms. The summed E-state index contributed by atoms with van der Waals surface area (Å²) in [6.07, 6.45) is 6.26. The van der Waals surface area contributed by atoms with E-state index in [1.165, 1.54) is 25.7 Å². The van der Waals surface area contributed by atoms with Crippen LogP contribution in [0.1, 0.15) is 52.9 Å². The molecule has 1 aliphatic carbocycles. The maximum absolute atomic E-state index is 9.07. The molecule has 0 amide bonds. The lowest BCUT2D eigenvalue weighted by Gasteiger charge is -2.23. The molecule has 0 aromatic carbocycles. The first-order valence-corrected chi connectivity index (χ1v) is 7.01. The van der Waals surface area contributed by atoms with Crippen LogP contribution in [-0.4, -0.2) is 24.3 Å². The fourth-order valence-electron chi connectivity index (χ4n) is 2.61. The third-order valence-electron chi connectivity index (χ3n) is 3.64. The number of aliphatic hydroxyl groups excluding tert-OH is 1. The van der Waals surface area contributed by atoms with Crippen LogP contribution in [0.2, 0.25) is 0 Å². The van der Waals surface area contributed by atoms with E-state index in [-0.39, 0.29) is 0 Å². The Morgan fingerprint density at radius 3 is 2.44 bits per heavy atom. The van der Waals surface area contributed by atoms with E-state index < -0.39 is 0 Å². The third-order valence-corrected chi connectivity index (χ3v) is 3.64. The standard InChI is InChI=1S/C14H29NO/c1-4-14(13-5-6-13)15-10-12(7-8-16)9-11(2)3/h11-16H,4-10H2,1-3H3. The molecule has 1 aliphatic rings. The topological polar surface area (TPSA) is 32.3 Å². The molecule has 0 bridgehead atoms. The Bertz CT molecular complexity index is 178. The minimum Gasteiger partial charge on any atom is -0.396 e. The monoisotopic (exact) mass is 227 g/mol. The van der Waals surface area contributed by atoms with E-state index in [1.54, 1.807) is 0 Å². The zero-order chi connectivity index (χ0) is 12.0. The molecular formula is C14H29NO. The summed E-state index contributed by atoms with van der Waals surface area (Å²) in [6, 6.07) is 0.730. The summed E-state index contributed by atoms with van der Waals surface area (Å²) >= 11 is 0. The molecular weight excluding hydrogens is 198 g/mol. The molecule has 1 saturated carbocycles. The van der Waals surface area contributed by atoms with Crippen molar-refractivity contribution in [2.75, 3.05) is 13.2 Å². The van der Waals surface area contributed by atoms with Crippen molar-refractivity contribution in [1.82, 2.24) is 5.32 Å². The van der Waals surface area contributed by atoms with Crippen LogP contribution in [0.25, 0.3) is 0 Å². The van der Waals surface area contributed by atoms with Crippen molar-refractivity contribution in [2.24, 2.45) is 17.8 Å². The summed E-state index contributed by atoms with van der Waals surface area (Å²) in [4.78, 5) is 0. The zero-order valence-corrected chi connectivity index (χ0v) is 11.2. The summed E-state index contributed by atoms with van der Waals surface area (Å²) in [7, 11) is 0. The molecule has 0 aromatic rings. The van der Waals surface area contributed by atoms with Crippen molar-refractivity contribution in [2.45, 2.75) is 58.9 Å². The second kappa shape index (κ2) is 7.29. The molecule has 0 aliphatic heterocycles. The van der Waals surface area contributed by atoms with E-state index in [0.29, 0.717) is 12.5 Å². The molecule has 2 unspecified atom stereocenters. The second-order valence-corrected chi connectivity index (χ2v) is 5.77. The molecule has 1 fully saturated rings. The third kappa shape index (κ3) is 5.31. The predicted octanol–water partition coefficient (Wildman–Crippen LogP) is 2.81. The van der Waals surface area contributed by atoms with Gasteiger partial charge in [0.15, 0.2) is 0 Å². The molecule has 2 atom stereocenters. The van der Waals surface area contributed by atoms with Gasteiger partial charge in [-0.25, -0.2) is 0 Å². The van der Waals surface area contributed by atoms with Crippen LogP contribution in [0.15, 0.2) is 0 Å². The van der Waals surface area contributed by atoms with Gasteiger partial charge in [-0.15, -0.1) is 0 Å². The molecule has 0 saturated heterocycles. The maximum Gasteiger partial charge on any atom is 0.0434 e. The largest absolute Gasteiger partial charge is 0.396 e. The zero-order valence-electron chi connectivity index (χ0n) is 11.2. The van der Waals surface area contributed by atoms with Crippen molar-refractivity contribution in [1.29, 1.82) is 0 Å². The average Bonchev–Trinajstić information content (AvgIpc) is 3.02. The molecule has 2 N–H and O–H groups in total. The molecule has 0 aromatic heterocycles. The molecule has 0 heterocycles. The quantitative estimate of drug-likeness (QED) is 0.635. The van der Waals surface area contributed by atoms with Gasteiger partial charge in [0, 0.05) is 12.6 Å². The Morgan fingerprint density at radius 2 is 2.00 bits per heavy atom. The van der Waals surface area contributed by atoms with Gasteiger partial charge in [0.1, 0.15) is 0 Å². The number of hydrogen-bond acceptors (Lipinski definition) is 2. The van der Waals surface area contributed by atoms with Crippen LogP contribution in [0, 0.1) is 17.8 Å². The van der Waals surface area contributed by atoms with Crippen LogP contribution in [0.3, 0.4) is 0 Å². The van der Waals surface area contributed by atoms with Crippen LogP contribution < -0.4 is 5.32 Å². The van der Waals surface area contributed by atoms with Crippen molar-refractivity contribution < 1.29 is 5.11 Å². The fraction of sp³-hybridized carbons (Fsp3) is 1.00. The first kappa shape index (κ1) is 14.0. The summed E-state index contributed by atoms with van der Waals surface area (Å²) in [5, 5.41) is 12.8. The molecule has 16 heavy (non-hydrogen) atoms. The molecule has 96 valence electrons. The molecule has 2 nitrogen and oxygen atoms in total. The van der Waals surface area contributed by atoms with Crippen molar-refractivity contribution in [3.63, 3.8) is 0 Å². The van der Waals surface area contributed by atoms with Crippen LogP contribution in [0.5, 0.6) is 0 Å². The number of hydrogen-bond donors (Lipinski definition) is 2. The summed E-state index contributed by atoms with van der Waals surface area (Å²) < 4.78 is 0. The van der Waals surface area contributed by atoms with Gasteiger partial charge in [0.05, 0.1) is 0 Å². The van der Waals surface area contributed by atoms with Gasteiger partial charge in [-0.1, -0.05) is 20.8 Å². The summed E-state index contributed by atoms with van der Waals surface area (Å²) in [5.74, 6) is 2.33. The van der Waals surface area contributed by atoms with E-state index in [4.69, 9.17) is 5.11 Å². The minimum absolute atomic E-state index is 0.333.